The van der Waals surface area contributed by atoms with Crippen LogP contribution in [0.25, 0.3) is 16.9 Å². The van der Waals surface area contributed by atoms with Gasteiger partial charge in [-0.15, -0.1) is 0 Å². The number of fused-ring (bicyclic) bond motifs is 1. The van der Waals surface area contributed by atoms with Crippen LogP contribution in [0.4, 0.5) is 0 Å². The van der Waals surface area contributed by atoms with Gasteiger partial charge in [0.15, 0.2) is 5.65 Å². The summed E-state index contributed by atoms with van der Waals surface area (Å²) in [5.74, 6) is 0.896. The van der Waals surface area contributed by atoms with E-state index in [9.17, 15) is 4.79 Å². The average Bonchev–Trinajstić information content (AvgIpc) is 2.98. The molecule has 6 nitrogen and oxygen atoms in total. The molecule has 0 unspecified atom stereocenters. The summed E-state index contributed by atoms with van der Waals surface area (Å²) in [5.41, 5.74) is 4.35. The Labute approximate surface area is 146 Å². The molecule has 6 heteroatoms. The first-order chi connectivity index (χ1) is 12.1. The first-order valence-corrected chi connectivity index (χ1v) is 8.43. The van der Waals surface area contributed by atoms with E-state index in [4.69, 9.17) is 4.74 Å². The van der Waals surface area contributed by atoms with Crippen molar-refractivity contribution in [3.8, 4) is 5.69 Å². The third kappa shape index (κ3) is 2.78. The van der Waals surface area contributed by atoms with Gasteiger partial charge in [-0.25, -0.2) is 9.97 Å². The number of benzene rings is 1. The highest BCUT2D eigenvalue weighted by Crippen LogP contribution is 2.24. The molecule has 128 valence electrons. The van der Waals surface area contributed by atoms with Crippen molar-refractivity contribution in [2.24, 2.45) is 0 Å². The average molecular weight is 336 g/mol. The van der Waals surface area contributed by atoms with Crippen LogP contribution >= 0.6 is 0 Å². The van der Waals surface area contributed by atoms with Crippen molar-refractivity contribution in [1.82, 2.24) is 19.4 Å². The Bertz CT molecular complexity index is 942. The Kier molecular flexibility index (Phi) is 3.97. The van der Waals surface area contributed by atoms with E-state index in [0.717, 1.165) is 28.2 Å². The zero-order valence-corrected chi connectivity index (χ0v) is 14.4. The maximum absolute atomic E-state index is 12.8. The number of carbonyl (C=O) groups is 1. The van der Waals surface area contributed by atoms with E-state index in [1.807, 2.05) is 53.6 Å². The van der Waals surface area contributed by atoms with Crippen LogP contribution in [0.5, 0.6) is 0 Å². The number of ether oxygens (including phenoxy) is 1. The first kappa shape index (κ1) is 15.8. The first-order valence-electron chi connectivity index (χ1n) is 8.43. The van der Waals surface area contributed by atoms with Crippen molar-refractivity contribution >= 4 is 17.1 Å². The minimum absolute atomic E-state index is 0.0413. The predicted molar refractivity (Wildman–Crippen MR) is 95.1 cm³/mol. The van der Waals surface area contributed by atoms with Gasteiger partial charge in [-0.3, -0.25) is 9.36 Å². The molecular weight excluding hydrogens is 316 g/mol. The predicted octanol–water partition coefficient (Wildman–Crippen LogP) is 2.51. The Hall–Kier alpha value is -2.73. The van der Waals surface area contributed by atoms with E-state index >= 15 is 0 Å². The lowest BCUT2D eigenvalue weighted by Gasteiger charge is -2.27. The van der Waals surface area contributed by atoms with E-state index in [2.05, 4.69) is 9.97 Å². The van der Waals surface area contributed by atoms with E-state index in [0.29, 0.717) is 31.9 Å². The standard InChI is InChI=1S/C19H20N4O2/c1-13-5-6-15(19(24)22-8-10-25-11-9-22)12-17(13)23-14(2)21-16-4-3-7-20-18(16)23/h3-7,12H,8-11H2,1-2H3. The van der Waals surface area contributed by atoms with Crippen molar-refractivity contribution in [3.05, 3.63) is 53.5 Å². The number of pyridine rings is 1. The summed E-state index contributed by atoms with van der Waals surface area (Å²) in [5, 5.41) is 0. The van der Waals surface area contributed by atoms with E-state index in [1.54, 1.807) is 6.20 Å². The fraction of sp³-hybridized carbons (Fsp3) is 0.316. The minimum atomic E-state index is 0.0413. The quantitative estimate of drug-likeness (QED) is 0.721. The third-order valence-corrected chi connectivity index (χ3v) is 4.58. The smallest absolute Gasteiger partial charge is 0.254 e. The number of morpholine rings is 1. The van der Waals surface area contributed by atoms with E-state index < -0.39 is 0 Å². The molecule has 1 aromatic carbocycles. The fourth-order valence-corrected chi connectivity index (χ4v) is 3.25. The van der Waals surface area contributed by atoms with Gasteiger partial charge >= 0.3 is 0 Å². The molecule has 4 rings (SSSR count). The lowest BCUT2D eigenvalue weighted by molar-refractivity contribution is 0.0303. The van der Waals surface area contributed by atoms with Crippen LogP contribution in [0.1, 0.15) is 21.7 Å². The summed E-state index contributed by atoms with van der Waals surface area (Å²) in [6, 6.07) is 9.64. The second-order valence-corrected chi connectivity index (χ2v) is 6.25. The number of aromatic nitrogens is 3. The van der Waals surface area contributed by atoms with Gasteiger partial charge in [0.1, 0.15) is 11.3 Å². The molecule has 3 heterocycles. The molecule has 2 aromatic heterocycles. The number of imidazole rings is 1. The normalized spacial score (nSPS) is 14.9. The molecule has 0 bridgehead atoms. The van der Waals surface area contributed by atoms with Crippen LogP contribution in [0.3, 0.4) is 0 Å². The van der Waals surface area contributed by atoms with Crippen molar-refractivity contribution in [1.29, 1.82) is 0 Å². The molecule has 0 N–H and O–H groups in total. The van der Waals surface area contributed by atoms with Crippen LogP contribution in [-0.4, -0.2) is 51.6 Å². The maximum Gasteiger partial charge on any atom is 0.254 e. The fourth-order valence-electron chi connectivity index (χ4n) is 3.25. The summed E-state index contributed by atoms with van der Waals surface area (Å²) in [4.78, 5) is 23.7. The van der Waals surface area contributed by atoms with Gasteiger partial charge in [-0.1, -0.05) is 6.07 Å². The maximum atomic E-state index is 12.8. The largest absolute Gasteiger partial charge is 0.378 e. The molecule has 0 aliphatic carbocycles. The molecule has 1 fully saturated rings. The van der Waals surface area contributed by atoms with Crippen molar-refractivity contribution in [2.45, 2.75) is 13.8 Å². The second kappa shape index (κ2) is 6.29. The van der Waals surface area contributed by atoms with Crippen LogP contribution in [0.15, 0.2) is 36.5 Å². The molecular formula is C19H20N4O2. The van der Waals surface area contributed by atoms with Gasteiger partial charge in [0, 0.05) is 24.8 Å². The number of hydrogen-bond donors (Lipinski definition) is 0. The van der Waals surface area contributed by atoms with Gasteiger partial charge < -0.3 is 9.64 Å². The summed E-state index contributed by atoms with van der Waals surface area (Å²) in [7, 11) is 0. The number of aryl methyl sites for hydroxylation is 2. The Balaban J connectivity index is 1.79. The molecule has 3 aromatic rings. The summed E-state index contributed by atoms with van der Waals surface area (Å²) in [6.45, 7) is 6.46. The number of amides is 1. The van der Waals surface area contributed by atoms with Crippen LogP contribution < -0.4 is 0 Å². The SMILES string of the molecule is Cc1ccc(C(=O)N2CCOCC2)cc1-n1c(C)nc2cccnc21. The van der Waals surface area contributed by atoms with Crippen LogP contribution in [0, 0.1) is 13.8 Å². The molecule has 1 aliphatic heterocycles. The van der Waals surface area contributed by atoms with E-state index in [1.165, 1.54) is 0 Å². The Morgan fingerprint density at radius 1 is 1.16 bits per heavy atom. The Morgan fingerprint density at radius 2 is 1.96 bits per heavy atom. The highest BCUT2D eigenvalue weighted by atomic mass is 16.5. The molecule has 0 radical (unpaired) electrons. The highest BCUT2D eigenvalue weighted by Gasteiger charge is 2.20. The summed E-state index contributed by atoms with van der Waals surface area (Å²) >= 11 is 0. The summed E-state index contributed by atoms with van der Waals surface area (Å²) in [6.07, 6.45) is 1.76. The Morgan fingerprint density at radius 3 is 2.76 bits per heavy atom. The zero-order chi connectivity index (χ0) is 17.4. The van der Waals surface area contributed by atoms with E-state index in [-0.39, 0.29) is 5.91 Å². The van der Waals surface area contributed by atoms with Crippen molar-refractivity contribution < 1.29 is 9.53 Å². The van der Waals surface area contributed by atoms with Crippen LogP contribution in [0.2, 0.25) is 0 Å². The number of hydrogen-bond acceptors (Lipinski definition) is 4. The van der Waals surface area contributed by atoms with Gasteiger partial charge in [0.25, 0.3) is 5.91 Å². The van der Waals surface area contributed by atoms with Gasteiger partial charge in [-0.05, 0) is 43.7 Å². The molecule has 0 atom stereocenters. The van der Waals surface area contributed by atoms with Crippen LogP contribution in [-0.2, 0) is 4.74 Å². The van der Waals surface area contributed by atoms with Crippen molar-refractivity contribution in [3.63, 3.8) is 0 Å². The zero-order valence-electron chi connectivity index (χ0n) is 14.4. The molecule has 25 heavy (non-hydrogen) atoms. The second-order valence-electron chi connectivity index (χ2n) is 6.25. The monoisotopic (exact) mass is 336 g/mol. The molecule has 1 amide bonds. The number of nitrogens with zero attached hydrogens (tertiary/aromatic N) is 4. The summed E-state index contributed by atoms with van der Waals surface area (Å²) < 4.78 is 7.35. The van der Waals surface area contributed by atoms with Gasteiger partial charge in [0.05, 0.1) is 18.9 Å². The molecule has 0 saturated carbocycles. The molecule has 1 saturated heterocycles. The van der Waals surface area contributed by atoms with Gasteiger partial charge in [-0.2, -0.15) is 0 Å². The lowest BCUT2D eigenvalue weighted by Crippen LogP contribution is -2.40. The minimum Gasteiger partial charge on any atom is -0.378 e. The van der Waals surface area contributed by atoms with Crippen molar-refractivity contribution in [2.75, 3.05) is 26.3 Å². The highest BCUT2D eigenvalue weighted by molar-refractivity contribution is 5.95. The molecule has 1 aliphatic rings. The number of rotatable bonds is 2. The topological polar surface area (TPSA) is 60.2 Å². The third-order valence-electron chi connectivity index (χ3n) is 4.58. The number of carbonyl (C=O) groups excluding carboxylic acids is 1. The lowest BCUT2D eigenvalue weighted by atomic mass is 10.1. The molecule has 0 spiro atoms. The van der Waals surface area contributed by atoms with Gasteiger partial charge in [0.2, 0.25) is 0 Å².